The molecule has 0 bridgehead atoms. The van der Waals surface area contributed by atoms with Crippen molar-refractivity contribution >= 4 is 39.3 Å². The van der Waals surface area contributed by atoms with Crippen LogP contribution in [0.3, 0.4) is 0 Å². The molecule has 1 atom stereocenters. The second-order valence-electron chi connectivity index (χ2n) is 8.11. The van der Waals surface area contributed by atoms with Crippen LogP contribution < -0.4 is 10.2 Å². The highest BCUT2D eigenvalue weighted by Crippen LogP contribution is 2.38. The summed E-state index contributed by atoms with van der Waals surface area (Å²) in [5, 5.41) is 9.97. The minimum absolute atomic E-state index is 0.239. The molecule has 0 radical (unpaired) electrons. The van der Waals surface area contributed by atoms with E-state index in [1.807, 2.05) is 24.7 Å². The Morgan fingerprint density at radius 3 is 2.73 bits per heavy atom. The lowest BCUT2D eigenvalue weighted by atomic mass is 10.2. The normalized spacial score (nSPS) is 19.5. The molecule has 1 N–H and O–H groups in total. The largest absolute Gasteiger partial charge is 0.375 e. The van der Waals surface area contributed by atoms with Crippen molar-refractivity contribution in [2.24, 2.45) is 0 Å². The summed E-state index contributed by atoms with van der Waals surface area (Å²) in [6, 6.07) is 8.69. The van der Waals surface area contributed by atoms with Gasteiger partial charge in [0, 0.05) is 30.1 Å². The second kappa shape index (κ2) is 6.91. The predicted octanol–water partition coefficient (Wildman–Crippen LogP) is 3.68. The van der Waals surface area contributed by atoms with E-state index in [1.165, 1.54) is 12.8 Å². The molecule has 8 heteroatoms. The first-order chi connectivity index (χ1) is 14.7. The summed E-state index contributed by atoms with van der Waals surface area (Å²) >= 11 is 0. The molecule has 1 aliphatic heterocycles. The standard InChI is InChI=1S/C22H23N7O/c1-14-13-28(8-9-30-14)18-6-7-19(23-12-18)26-22-24-10-15-2-3-16-11-25-29(17-4-5-17)21(16)20(15)27-22/h2-3,6-7,10-12,14,17H,4-5,8-9,13H2,1H3,(H,23,24,26,27). The zero-order valence-corrected chi connectivity index (χ0v) is 16.8. The predicted molar refractivity (Wildman–Crippen MR) is 116 cm³/mol. The number of nitrogens with zero attached hydrogens (tertiary/aromatic N) is 6. The van der Waals surface area contributed by atoms with Gasteiger partial charge in [0.05, 0.1) is 42.4 Å². The molecule has 1 saturated heterocycles. The Balaban J connectivity index is 1.29. The Morgan fingerprint density at radius 2 is 1.93 bits per heavy atom. The van der Waals surface area contributed by atoms with Gasteiger partial charge in [0.2, 0.25) is 5.95 Å². The van der Waals surface area contributed by atoms with E-state index >= 15 is 0 Å². The molecule has 3 aromatic heterocycles. The average molecular weight is 401 g/mol. The van der Waals surface area contributed by atoms with Gasteiger partial charge in [-0.3, -0.25) is 4.68 Å². The lowest BCUT2D eigenvalue weighted by molar-refractivity contribution is 0.0532. The molecule has 4 aromatic rings. The summed E-state index contributed by atoms with van der Waals surface area (Å²) in [6.45, 7) is 4.61. The van der Waals surface area contributed by atoms with Gasteiger partial charge in [0.1, 0.15) is 11.3 Å². The van der Waals surface area contributed by atoms with Crippen molar-refractivity contribution in [2.75, 3.05) is 29.9 Å². The fourth-order valence-electron chi connectivity index (χ4n) is 4.10. The number of hydrogen-bond acceptors (Lipinski definition) is 7. The molecule has 4 heterocycles. The van der Waals surface area contributed by atoms with E-state index in [4.69, 9.17) is 9.72 Å². The third-order valence-electron chi connectivity index (χ3n) is 5.79. The van der Waals surface area contributed by atoms with Gasteiger partial charge in [0.25, 0.3) is 0 Å². The molecule has 1 aliphatic carbocycles. The highest BCUT2D eigenvalue weighted by Gasteiger charge is 2.27. The zero-order valence-electron chi connectivity index (χ0n) is 16.8. The zero-order chi connectivity index (χ0) is 20.1. The van der Waals surface area contributed by atoms with Gasteiger partial charge < -0.3 is 15.0 Å². The van der Waals surface area contributed by atoms with Crippen LogP contribution in [0.2, 0.25) is 0 Å². The smallest absolute Gasteiger partial charge is 0.228 e. The lowest BCUT2D eigenvalue weighted by Crippen LogP contribution is -2.41. The van der Waals surface area contributed by atoms with Gasteiger partial charge in [-0.05, 0) is 31.9 Å². The SMILES string of the molecule is CC1CN(c2ccc(Nc3ncc4ccc5cnn(C6CC6)c5c4n3)nc2)CCO1. The van der Waals surface area contributed by atoms with Crippen LogP contribution in [0, 0.1) is 0 Å². The Morgan fingerprint density at radius 1 is 1.03 bits per heavy atom. The number of hydrogen-bond donors (Lipinski definition) is 1. The molecule has 8 nitrogen and oxygen atoms in total. The minimum atomic E-state index is 0.239. The van der Waals surface area contributed by atoms with Crippen molar-refractivity contribution in [3.63, 3.8) is 0 Å². The Hall–Kier alpha value is -3.26. The van der Waals surface area contributed by atoms with Crippen LogP contribution >= 0.6 is 0 Å². The van der Waals surface area contributed by atoms with E-state index in [9.17, 15) is 0 Å². The molecule has 6 rings (SSSR count). The van der Waals surface area contributed by atoms with Crippen LogP contribution in [0.15, 0.2) is 42.9 Å². The maximum Gasteiger partial charge on any atom is 0.228 e. The third kappa shape index (κ3) is 3.13. The Kier molecular flexibility index (Phi) is 4.05. The molecule has 1 unspecified atom stereocenters. The van der Waals surface area contributed by atoms with Gasteiger partial charge in [-0.15, -0.1) is 0 Å². The fraction of sp³-hybridized carbons (Fsp3) is 0.364. The number of nitrogens with one attached hydrogen (secondary N) is 1. The maximum atomic E-state index is 5.62. The van der Waals surface area contributed by atoms with E-state index in [2.05, 4.69) is 55.1 Å². The van der Waals surface area contributed by atoms with Crippen LogP contribution in [-0.2, 0) is 4.74 Å². The van der Waals surface area contributed by atoms with Crippen LogP contribution in [0.4, 0.5) is 17.5 Å². The van der Waals surface area contributed by atoms with Crippen molar-refractivity contribution < 1.29 is 4.74 Å². The highest BCUT2D eigenvalue weighted by atomic mass is 16.5. The third-order valence-corrected chi connectivity index (χ3v) is 5.79. The van der Waals surface area contributed by atoms with Gasteiger partial charge in [-0.2, -0.15) is 5.10 Å². The molecule has 0 amide bonds. The van der Waals surface area contributed by atoms with Crippen molar-refractivity contribution in [2.45, 2.75) is 31.9 Å². The van der Waals surface area contributed by atoms with Crippen molar-refractivity contribution in [1.29, 1.82) is 0 Å². The summed E-state index contributed by atoms with van der Waals surface area (Å²) < 4.78 is 7.74. The summed E-state index contributed by atoms with van der Waals surface area (Å²) in [5.41, 5.74) is 3.11. The average Bonchev–Trinajstić information content (AvgIpc) is 3.52. The summed E-state index contributed by atoms with van der Waals surface area (Å²) in [6.07, 6.45) is 8.28. The van der Waals surface area contributed by atoms with Gasteiger partial charge >= 0.3 is 0 Å². The summed E-state index contributed by atoms with van der Waals surface area (Å²) in [7, 11) is 0. The molecule has 152 valence electrons. The van der Waals surface area contributed by atoms with Crippen molar-refractivity contribution in [3.05, 3.63) is 42.9 Å². The molecule has 30 heavy (non-hydrogen) atoms. The molecule has 2 aliphatic rings. The van der Waals surface area contributed by atoms with Crippen LogP contribution in [0.1, 0.15) is 25.8 Å². The highest BCUT2D eigenvalue weighted by molar-refractivity contribution is 6.03. The second-order valence-corrected chi connectivity index (χ2v) is 8.11. The number of rotatable bonds is 4. The first-order valence-electron chi connectivity index (χ1n) is 10.5. The number of benzene rings is 1. The summed E-state index contributed by atoms with van der Waals surface area (Å²) in [4.78, 5) is 16.2. The maximum absolute atomic E-state index is 5.62. The quantitative estimate of drug-likeness (QED) is 0.559. The molecule has 1 aromatic carbocycles. The first-order valence-corrected chi connectivity index (χ1v) is 10.5. The topological polar surface area (TPSA) is 81.0 Å². The first kappa shape index (κ1) is 17.6. The van der Waals surface area contributed by atoms with Crippen molar-refractivity contribution in [1.82, 2.24) is 24.7 Å². The van der Waals surface area contributed by atoms with E-state index in [-0.39, 0.29) is 6.10 Å². The van der Waals surface area contributed by atoms with E-state index in [1.54, 1.807) is 0 Å². The number of fused-ring (bicyclic) bond motifs is 3. The van der Waals surface area contributed by atoms with Crippen LogP contribution in [0.5, 0.6) is 0 Å². The fourth-order valence-corrected chi connectivity index (χ4v) is 4.10. The molecule has 2 fully saturated rings. The molecular formula is C22H23N7O. The van der Waals surface area contributed by atoms with Crippen LogP contribution in [0.25, 0.3) is 21.8 Å². The van der Waals surface area contributed by atoms with Gasteiger partial charge in [-0.1, -0.05) is 12.1 Å². The molecule has 1 saturated carbocycles. The van der Waals surface area contributed by atoms with Crippen molar-refractivity contribution in [3.8, 4) is 0 Å². The van der Waals surface area contributed by atoms with Crippen LogP contribution in [-0.4, -0.2) is 50.5 Å². The van der Waals surface area contributed by atoms with Gasteiger partial charge in [-0.25, -0.2) is 15.0 Å². The number of anilines is 3. The van der Waals surface area contributed by atoms with Gasteiger partial charge in [0.15, 0.2) is 0 Å². The number of pyridine rings is 1. The summed E-state index contributed by atoms with van der Waals surface area (Å²) in [5.74, 6) is 1.26. The molecular weight excluding hydrogens is 378 g/mol. The lowest BCUT2D eigenvalue weighted by Gasteiger charge is -2.32. The number of morpholine rings is 1. The van der Waals surface area contributed by atoms with E-state index in [0.29, 0.717) is 12.0 Å². The van der Waals surface area contributed by atoms with E-state index < -0.39 is 0 Å². The monoisotopic (exact) mass is 401 g/mol. The Bertz CT molecular complexity index is 1220. The van der Waals surface area contributed by atoms with E-state index in [0.717, 1.165) is 53.0 Å². The number of ether oxygens (including phenoxy) is 1. The Labute approximate surface area is 173 Å². The molecule has 0 spiro atoms. The number of aromatic nitrogens is 5. The minimum Gasteiger partial charge on any atom is -0.375 e.